The first-order valence-electron chi connectivity index (χ1n) is 6.82. The molecule has 2 aromatic rings. The Balaban J connectivity index is 2.06. The number of aromatic nitrogens is 2. The van der Waals surface area contributed by atoms with Gasteiger partial charge in [0.15, 0.2) is 0 Å². The Hall–Kier alpha value is -2.30. The van der Waals surface area contributed by atoms with Crippen LogP contribution in [0.5, 0.6) is 0 Å². The fourth-order valence-corrected chi connectivity index (χ4v) is 1.83. The van der Waals surface area contributed by atoms with Gasteiger partial charge in [-0.05, 0) is 31.0 Å². The lowest BCUT2D eigenvalue weighted by atomic mass is 10.2. The zero-order valence-corrected chi connectivity index (χ0v) is 11.8. The number of hydrogen-bond acceptors (Lipinski definition) is 2. The Morgan fingerprint density at radius 1 is 1.35 bits per heavy atom. The predicted octanol–water partition coefficient (Wildman–Crippen LogP) is 2.85. The molecule has 1 heterocycles. The number of urea groups is 1. The van der Waals surface area contributed by atoms with Gasteiger partial charge in [-0.1, -0.05) is 25.1 Å². The number of nitrogens with one attached hydrogen (secondary N) is 2. The van der Waals surface area contributed by atoms with Crippen molar-refractivity contribution < 1.29 is 4.79 Å². The average molecular weight is 272 g/mol. The number of anilines is 1. The van der Waals surface area contributed by atoms with E-state index in [4.69, 9.17) is 0 Å². The summed E-state index contributed by atoms with van der Waals surface area (Å²) < 4.78 is 1.83. The van der Waals surface area contributed by atoms with Crippen LogP contribution in [0.25, 0.3) is 0 Å². The third-order valence-corrected chi connectivity index (χ3v) is 3.15. The average Bonchev–Trinajstić information content (AvgIpc) is 2.93. The molecule has 1 unspecified atom stereocenters. The highest BCUT2D eigenvalue weighted by molar-refractivity contribution is 5.90. The van der Waals surface area contributed by atoms with Crippen LogP contribution < -0.4 is 10.6 Å². The normalized spacial score (nSPS) is 11.9. The highest BCUT2D eigenvalue weighted by Gasteiger charge is 2.08. The van der Waals surface area contributed by atoms with Gasteiger partial charge in [0.1, 0.15) is 0 Å². The van der Waals surface area contributed by atoms with Crippen LogP contribution in [-0.4, -0.2) is 21.9 Å². The van der Waals surface area contributed by atoms with Crippen molar-refractivity contribution in [1.29, 1.82) is 0 Å². The molecule has 0 saturated heterocycles. The minimum absolute atomic E-state index is 0.160. The minimum Gasteiger partial charge on any atom is -0.335 e. The van der Waals surface area contributed by atoms with Crippen molar-refractivity contribution in [1.82, 2.24) is 15.1 Å². The molecule has 0 spiro atoms. The topological polar surface area (TPSA) is 59.0 Å². The third kappa shape index (κ3) is 3.85. The first kappa shape index (κ1) is 14.1. The summed E-state index contributed by atoms with van der Waals surface area (Å²) >= 11 is 0. The van der Waals surface area contributed by atoms with E-state index in [1.54, 1.807) is 6.20 Å². The lowest BCUT2D eigenvalue weighted by molar-refractivity contribution is 0.249. The number of amides is 2. The molecule has 0 bridgehead atoms. The molecule has 2 rings (SSSR count). The van der Waals surface area contributed by atoms with Gasteiger partial charge >= 0.3 is 6.03 Å². The maximum Gasteiger partial charge on any atom is 0.319 e. The zero-order chi connectivity index (χ0) is 14.4. The van der Waals surface area contributed by atoms with E-state index in [0.29, 0.717) is 6.54 Å². The monoisotopic (exact) mass is 272 g/mol. The summed E-state index contributed by atoms with van der Waals surface area (Å²) in [6.45, 7) is 4.65. The molecule has 0 aliphatic rings. The number of para-hydroxylation sites is 1. The lowest BCUT2D eigenvalue weighted by Crippen LogP contribution is -2.35. The second-order valence-corrected chi connectivity index (χ2v) is 4.77. The van der Waals surface area contributed by atoms with Crippen molar-refractivity contribution in [2.45, 2.75) is 32.9 Å². The smallest absolute Gasteiger partial charge is 0.319 e. The predicted molar refractivity (Wildman–Crippen MR) is 79.7 cm³/mol. The summed E-state index contributed by atoms with van der Waals surface area (Å²) in [4.78, 5) is 11.9. The Kier molecular flexibility index (Phi) is 4.76. The van der Waals surface area contributed by atoms with Gasteiger partial charge in [-0.3, -0.25) is 4.68 Å². The van der Waals surface area contributed by atoms with Crippen molar-refractivity contribution >= 4 is 11.7 Å². The second-order valence-electron chi connectivity index (χ2n) is 4.77. The number of hydrogen-bond donors (Lipinski definition) is 2. The Labute approximate surface area is 119 Å². The molecule has 2 N–H and O–H groups in total. The summed E-state index contributed by atoms with van der Waals surface area (Å²) in [6, 6.07) is 9.61. The van der Waals surface area contributed by atoms with E-state index in [0.717, 1.165) is 17.7 Å². The molecule has 1 atom stereocenters. The first-order valence-corrected chi connectivity index (χ1v) is 6.82. The Morgan fingerprint density at radius 3 is 2.85 bits per heavy atom. The summed E-state index contributed by atoms with van der Waals surface area (Å²) in [5, 5.41) is 9.97. The second kappa shape index (κ2) is 6.75. The molecule has 0 aliphatic heterocycles. The standard InChI is InChI=1S/C15H20N4O/c1-3-12(2)17-15(20)18-14-8-5-4-7-13(14)11-19-10-6-9-16-19/h4-10,12H,3,11H2,1-2H3,(H2,17,18,20). The van der Waals surface area contributed by atoms with Crippen LogP contribution in [0.1, 0.15) is 25.8 Å². The Bertz CT molecular complexity index is 551. The van der Waals surface area contributed by atoms with Crippen molar-refractivity contribution in [2.24, 2.45) is 0 Å². The van der Waals surface area contributed by atoms with Crippen LogP contribution in [0.4, 0.5) is 10.5 Å². The maximum absolute atomic E-state index is 11.9. The SMILES string of the molecule is CCC(C)NC(=O)Nc1ccccc1Cn1cccn1. The molecule has 5 heteroatoms. The summed E-state index contributed by atoms with van der Waals surface area (Å²) in [5.74, 6) is 0. The van der Waals surface area contributed by atoms with Gasteiger partial charge in [-0.15, -0.1) is 0 Å². The molecule has 1 aromatic carbocycles. The number of nitrogens with zero attached hydrogens (tertiary/aromatic N) is 2. The molecule has 106 valence electrons. The van der Waals surface area contributed by atoms with Crippen LogP contribution in [0.15, 0.2) is 42.7 Å². The zero-order valence-electron chi connectivity index (χ0n) is 11.8. The molecule has 2 amide bonds. The van der Waals surface area contributed by atoms with Crippen LogP contribution in [0.3, 0.4) is 0 Å². The fraction of sp³-hybridized carbons (Fsp3) is 0.333. The van der Waals surface area contributed by atoms with E-state index in [1.807, 2.05) is 55.1 Å². The van der Waals surface area contributed by atoms with Gasteiger partial charge < -0.3 is 10.6 Å². The van der Waals surface area contributed by atoms with E-state index in [-0.39, 0.29) is 12.1 Å². The Morgan fingerprint density at radius 2 is 2.15 bits per heavy atom. The summed E-state index contributed by atoms with van der Waals surface area (Å²) in [6.07, 6.45) is 4.55. The van der Waals surface area contributed by atoms with Crippen LogP contribution >= 0.6 is 0 Å². The third-order valence-electron chi connectivity index (χ3n) is 3.15. The first-order chi connectivity index (χ1) is 9.69. The molecule has 1 aromatic heterocycles. The van der Waals surface area contributed by atoms with E-state index < -0.39 is 0 Å². The van der Waals surface area contributed by atoms with Gasteiger partial charge in [-0.25, -0.2) is 4.79 Å². The summed E-state index contributed by atoms with van der Waals surface area (Å²) in [7, 11) is 0. The molecule has 0 saturated carbocycles. The van der Waals surface area contributed by atoms with Crippen LogP contribution in [0.2, 0.25) is 0 Å². The molecule has 20 heavy (non-hydrogen) atoms. The lowest BCUT2D eigenvalue weighted by Gasteiger charge is -2.15. The fourth-order valence-electron chi connectivity index (χ4n) is 1.83. The molecule has 0 fully saturated rings. The highest BCUT2D eigenvalue weighted by Crippen LogP contribution is 2.16. The van der Waals surface area contributed by atoms with E-state index in [1.165, 1.54) is 0 Å². The van der Waals surface area contributed by atoms with Gasteiger partial charge in [0.25, 0.3) is 0 Å². The largest absolute Gasteiger partial charge is 0.335 e. The molecule has 0 radical (unpaired) electrons. The molecular formula is C15H20N4O. The number of rotatable bonds is 5. The van der Waals surface area contributed by atoms with Crippen LogP contribution in [0, 0.1) is 0 Å². The molecule has 5 nitrogen and oxygen atoms in total. The van der Waals surface area contributed by atoms with Crippen molar-refractivity contribution in [3.8, 4) is 0 Å². The maximum atomic E-state index is 11.9. The van der Waals surface area contributed by atoms with Crippen molar-refractivity contribution in [3.05, 3.63) is 48.3 Å². The van der Waals surface area contributed by atoms with E-state index in [2.05, 4.69) is 15.7 Å². The van der Waals surface area contributed by atoms with Gasteiger partial charge in [-0.2, -0.15) is 5.10 Å². The van der Waals surface area contributed by atoms with Gasteiger partial charge in [0.05, 0.1) is 6.54 Å². The van der Waals surface area contributed by atoms with Crippen molar-refractivity contribution in [3.63, 3.8) is 0 Å². The number of carbonyl (C=O) groups excluding carboxylic acids is 1. The van der Waals surface area contributed by atoms with Crippen molar-refractivity contribution in [2.75, 3.05) is 5.32 Å². The van der Waals surface area contributed by atoms with Gasteiger partial charge in [0.2, 0.25) is 0 Å². The minimum atomic E-state index is -0.174. The quantitative estimate of drug-likeness (QED) is 0.879. The number of carbonyl (C=O) groups is 1. The number of benzene rings is 1. The van der Waals surface area contributed by atoms with Crippen LogP contribution in [-0.2, 0) is 6.54 Å². The summed E-state index contributed by atoms with van der Waals surface area (Å²) in [5.41, 5.74) is 1.83. The van der Waals surface area contributed by atoms with E-state index in [9.17, 15) is 4.79 Å². The molecule has 0 aliphatic carbocycles. The molecular weight excluding hydrogens is 252 g/mol. The van der Waals surface area contributed by atoms with Gasteiger partial charge in [0, 0.05) is 24.1 Å². The van der Waals surface area contributed by atoms with E-state index >= 15 is 0 Å². The highest BCUT2D eigenvalue weighted by atomic mass is 16.2.